The first-order chi connectivity index (χ1) is 12.7. The Morgan fingerprint density at radius 2 is 1.74 bits per heavy atom. The summed E-state index contributed by atoms with van der Waals surface area (Å²) < 4.78 is 26.1. The SMILES string of the molecule is CC(C)(C)CN1CCN(C(=O)c2cccc(N3CCCCS3(=O)=O)c2)CC1. The molecule has 6 nitrogen and oxygen atoms in total. The first kappa shape index (κ1) is 20.1. The fourth-order valence-corrected chi connectivity index (χ4v) is 5.47. The maximum atomic E-state index is 12.9. The van der Waals surface area contributed by atoms with Gasteiger partial charge in [0.2, 0.25) is 10.0 Å². The topological polar surface area (TPSA) is 60.9 Å². The Balaban J connectivity index is 1.68. The number of anilines is 1. The Labute approximate surface area is 163 Å². The molecule has 0 bridgehead atoms. The summed E-state index contributed by atoms with van der Waals surface area (Å²) in [4.78, 5) is 17.2. The molecule has 27 heavy (non-hydrogen) atoms. The first-order valence-electron chi connectivity index (χ1n) is 9.78. The number of carbonyl (C=O) groups excluding carboxylic acids is 1. The molecule has 0 atom stereocenters. The lowest BCUT2D eigenvalue weighted by Crippen LogP contribution is -2.50. The summed E-state index contributed by atoms with van der Waals surface area (Å²) in [5.41, 5.74) is 1.42. The highest BCUT2D eigenvalue weighted by Gasteiger charge is 2.28. The molecule has 0 aliphatic carbocycles. The van der Waals surface area contributed by atoms with Gasteiger partial charge in [0, 0.05) is 44.8 Å². The molecule has 0 saturated carbocycles. The molecular formula is C20H31N3O3S. The molecule has 1 aromatic rings. The van der Waals surface area contributed by atoms with Crippen LogP contribution in [0.25, 0.3) is 0 Å². The zero-order valence-corrected chi connectivity index (χ0v) is 17.5. The number of carbonyl (C=O) groups is 1. The fraction of sp³-hybridized carbons (Fsp3) is 0.650. The summed E-state index contributed by atoms with van der Waals surface area (Å²) in [5, 5.41) is 0. The van der Waals surface area contributed by atoms with E-state index in [-0.39, 0.29) is 17.1 Å². The molecule has 1 amide bonds. The smallest absolute Gasteiger partial charge is 0.254 e. The Morgan fingerprint density at radius 3 is 2.37 bits per heavy atom. The van der Waals surface area contributed by atoms with Crippen LogP contribution in [-0.2, 0) is 10.0 Å². The highest BCUT2D eigenvalue weighted by molar-refractivity contribution is 7.92. The third kappa shape index (κ3) is 5.02. The summed E-state index contributed by atoms with van der Waals surface area (Å²) in [6.07, 6.45) is 1.56. The van der Waals surface area contributed by atoms with Crippen molar-refractivity contribution in [1.82, 2.24) is 9.80 Å². The summed E-state index contributed by atoms with van der Waals surface area (Å²) >= 11 is 0. The van der Waals surface area contributed by atoms with Crippen molar-refractivity contribution in [3.63, 3.8) is 0 Å². The van der Waals surface area contributed by atoms with Gasteiger partial charge in [-0.3, -0.25) is 14.0 Å². The van der Waals surface area contributed by atoms with Crippen LogP contribution in [0, 0.1) is 5.41 Å². The van der Waals surface area contributed by atoms with Crippen molar-refractivity contribution in [1.29, 1.82) is 0 Å². The first-order valence-corrected chi connectivity index (χ1v) is 11.4. The van der Waals surface area contributed by atoms with E-state index >= 15 is 0 Å². The van der Waals surface area contributed by atoms with E-state index in [2.05, 4.69) is 25.7 Å². The summed E-state index contributed by atoms with van der Waals surface area (Å²) in [6.45, 7) is 11.4. The van der Waals surface area contributed by atoms with Crippen LogP contribution in [0.3, 0.4) is 0 Å². The Bertz CT molecular complexity index is 778. The summed E-state index contributed by atoms with van der Waals surface area (Å²) in [7, 11) is -3.27. The Hall–Kier alpha value is -1.60. The number of nitrogens with zero attached hydrogens (tertiary/aromatic N) is 3. The van der Waals surface area contributed by atoms with Gasteiger partial charge in [0.25, 0.3) is 5.91 Å². The van der Waals surface area contributed by atoms with Crippen LogP contribution in [0.1, 0.15) is 44.0 Å². The largest absolute Gasteiger partial charge is 0.336 e. The second kappa shape index (κ2) is 7.80. The second-order valence-corrected chi connectivity index (χ2v) is 10.8. The standard InChI is InChI=1S/C20H31N3O3S/c1-20(2,3)16-21-10-12-22(13-11-21)19(24)17-7-6-8-18(15-17)23-9-4-5-14-27(23,25)26/h6-8,15H,4-5,9-14,16H2,1-3H3. The molecule has 0 aromatic heterocycles. The monoisotopic (exact) mass is 393 g/mol. The zero-order chi connectivity index (χ0) is 19.7. The van der Waals surface area contributed by atoms with Gasteiger partial charge in [0.1, 0.15) is 0 Å². The molecule has 1 aromatic carbocycles. The Morgan fingerprint density at radius 1 is 1.04 bits per heavy atom. The lowest BCUT2D eigenvalue weighted by Gasteiger charge is -2.38. The predicted molar refractivity (Wildman–Crippen MR) is 109 cm³/mol. The predicted octanol–water partition coefficient (Wildman–Crippen LogP) is 2.42. The lowest BCUT2D eigenvalue weighted by atomic mass is 9.96. The van der Waals surface area contributed by atoms with E-state index < -0.39 is 10.0 Å². The van der Waals surface area contributed by atoms with E-state index in [1.54, 1.807) is 24.3 Å². The van der Waals surface area contributed by atoms with E-state index in [9.17, 15) is 13.2 Å². The molecule has 0 N–H and O–H groups in total. The van der Waals surface area contributed by atoms with Crippen molar-refractivity contribution in [2.75, 3.05) is 49.3 Å². The number of hydrogen-bond acceptors (Lipinski definition) is 4. The van der Waals surface area contributed by atoms with Crippen LogP contribution >= 0.6 is 0 Å². The number of benzene rings is 1. The van der Waals surface area contributed by atoms with Gasteiger partial charge in [-0.15, -0.1) is 0 Å². The van der Waals surface area contributed by atoms with Crippen molar-refractivity contribution < 1.29 is 13.2 Å². The van der Waals surface area contributed by atoms with Gasteiger partial charge in [-0.2, -0.15) is 0 Å². The second-order valence-electron chi connectivity index (χ2n) is 8.77. The third-order valence-corrected chi connectivity index (χ3v) is 6.96. The molecule has 0 radical (unpaired) electrons. The minimum Gasteiger partial charge on any atom is -0.336 e. The van der Waals surface area contributed by atoms with Crippen molar-refractivity contribution in [2.24, 2.45) is 5.41 Å². The molecule has 2 heterocycles. The van der Waals surface area contributed by atoms with Crippen LogP contribution in [0.5, 0.6) is 0 Å². The summed E-state index contributed by atoms with van der Waals surface area (Å²) in [5.74, 6) is 0.169. The normalized spacial score (nSPS) is 21.3. The van der Waals surface area contributed by atoms with Crippen molar-refractivity contribution >= 4 is 21.6 Å². The molecule has 2 saturated heterocycles. The molecule has 3 rings (SSSR count). The summed E-state index contributed by atoms with van der Waals surface area (Å²) in [6, 6.07) is 7.07. The lowest BCUT2D eigenvalue weighted by molar-refractivity contribution is 0.0592. The zero-order valence-electron chi connectivity index (χ0n) is 16.6. The van der Waals surface area contributed by atoms with Crippen LogP contribution < -0.4 is 4.31 Å². The quantitative estimate of drug-likeness (QED) is 0.791. The highest BCUT2D eigenvalue weighted by atomic mass is 32.2. The number of sulfonamides is 1. The number of rotatable bonds is 3. The Kier molecular flexibility index (Phi) is 5.82. The van der Waals surface area contributed by atoms with Gasteiger partial charge in [0.05, 0.1) is 11.4 Å². The van der Waals surface area contributed by atoms with Crippen LogP contribution in [0.4, 0.5) is 5.69 Å². The maximum absolute atomic E-state index is 12.9. The van der Waals surface area contributed by atoms with E-state index in [0.29, 0.717) is 37.3 Å². The molecule has 2 aliphatic heterocycles. The van der Waals surface area contributed by atoms with Crippen molar-refractivity contribution in [3.8, 4) is 0 Å². The van der Waals surface area contributed by atoms with E-state index in [0.717, 1.165) is 26.1 Å². The molecule has 7 heteroatoms. The van der Waals surface area contributed by atoms with Crippen molar-refractivity contribution in [3.05, 3.63) is 29.8 Å². The molecule has 150 valence electrons. The van der Waals surface area contributed by atoms with E-state index in [1.165, 1.54) is 4.31 Å². The minimum absolute atomic E-state index is 0.0123. The molecule has 0 unspecified atom stereocenters. The third-order valence-electron chi connectivity index (χ3n) is 5.09. The molecule has 2 fully saturated rings. The van der Waals surface area contributed by atoms with Gasteiger partial charge in [-0.05, 0) is 36.5 Å². The van der Waals surface area contributed by atoms with Gasteiger partial charge >= 0.3 is 0 Å². The van der Waals surface area contributed by atoms with E-state index in [4.69, 9.17) is 0 Å². The van der Waals surface area contributed by atoms with Gasteiger partial charge < -0.3 is 4.90 Å². The highest BCUT2D eigenvalue weighted by Crippen LogP contribution is 2.25. The van der Waals surface area contributed by atoms with Crippen LogP contribution in [-0.4, -0.2) is 69.1 Å². The molecule has 2 aliphatic rings. The molecule has 0 spiro atoms. The van der Waals surface area contributed by atoms with Crippen molar-refractivity contribution in [2.45, 2.75) is 33.6 Å². The average molecular weight is 394 g/mol. The maximum Gasteiger partial charge on any atom is 0.254 e. The van der Waals surface area contributed by atoms with Gasteiger partial charge in [0.15, 0.2) is 0 Å². The van der Waals surface area contributed by atoms with E-state index in [1.807, 2.05) is 4.90 Å². The number of piperazine rings is 1. The van der Waals surface area contributed by atoms with Crippen LogP contribution in [0.2, 0.25) is 0 Å². The minimum atomic E-state index is -3.27. The van der Waals surface area contributed by atoms with Gasteiger partial charge in [-0.1, -0.05) is 26.8 Å². The number of amides is 1. The van der Waals surface area contributed by atoms with Crippen LogP contribution in [0.15, 0.2) is 24.3 Å². The number of hydrogen-bond donors (Lipinski definition) is 0. The average Bonchev–Trinajstić information content (AvgIpc) is 2.60. The van der Waals surface area contributed by atoms with Gasteiger partial charge in [-0.25, -0.2) is 8.42 Å². The fourth-order valence-electron chi connectivity index (χ4n) is 3.84. The molecular weight excluding hydrogens is 362 g/mol.